The molecule has 7 heteroatoms. The van der Waals surface area contributed by atoms with Crippen LogP contribution in [0.25, 0.3) is 32.2 Å². The van der Waals surface area contributed by atoms with Crippen molar-refractivity contribution in [2.45, 2.75) is 59.3 Å². The number of Topliss-reactive ketones (excluding diaryl/α,β-unsaturated/α-hetero) is 1. The monoisotopic (exact) mass is 565 g/mol. The van der Waals surface area contributed by atoms with E-state index in [1.54, 1.807) is 18.3 Å². The van der Waals surface area contributed by atoms with Crippen LogP contribution in [0.4, 0.5) is 5.13 Å². The second kappa shape index (κ2) is 10.5. The molecule has 0 saturated carbocycles. The maximum atomic E-state index is 13.3. The van der Waals surface area contributed by atoms with Crippen molar-refractivity contribution in [3.05, 3.63) is 83.0 Å². The molecule has 1 aliphatic heterocycles. The summed E-state index contributed by atoms with van der Waals surface area (Å²) in [5.41, 5.74) is 7.47. The number of ether oxygens (including phenoxy) is 2. The number of thiazole rings is 1. The van der Waals surface area contributed by atoms with Gasteiger partial charge in [0, 0.05) is 48.3 Å². The lowest BCUT2D eigenvalue weighted by Gasteiger charge is -2.29. The number of aromatic nitrogens is 2. The minimum absolute atomic E-state index is 0.0337. The predicted octanol–water partition coefficient (Wildman–Crippen LogP) is 7.84. The van der Waals surface area contributed by atoms with Gasteiger partial charge in [-0.1, -0.05) is 41.7 Å². The van der Waals surface area contributed by atoms with E-state index in [2.05, 4.69) is 61.3 Å². The van der Waals surface area contributed by atoms with E-state index in [0.29, 0.717) is 6.61 Å². The SMILES string of the molecule is CC(=O)[C@@H](OC(C)(C)C)c1c(C)cc2nc(N(C)Cc3ccccc3)sc2c1-c1ccc2c3c(ccnc13)CCO2. The minimum Gasteiger partial charge on any atom is -0.493 e. The Labute approximate surface area is 245 Å². The average Bonchev–Trinajstić information content (AvgIpc) is 3.36. The van der Waals surface area contributed by atoms with E-state index in [4.69, 9.17) is 19.4 Å². The molecule has 1 atom stereocenters. The van der Waals surface area contributed by atoms with Crippen molar-refractivity contribution in [2.75, 3.05) is 18.6 Å². The number of pyridine rings is 1. The molecule has 2 aromatic heterocycles. The second-order valence-electron chi connectivity index (χ2n) is 11.8. The standard InChI is InChI=1S/C34H35N3O3S/c1-20-18-25-32(41-33(36-25)37(6)19-22-10-8-7-9-11-22)29(27(20)31(21(2)38)40-34(3,4)5)24-12-13-26-28-23(15-17-39-26)14-16-35-30(24)28/h7-14,16,18,31H,15,17,19H2,1-6H3/t31-/m1/s1. The highest BCUT2D eigenvalue weighted by Crippen LogP contribution is 2.47. The van der Waals surface area contributed by atoms with Gasteiger partial charge in [-0.2, -0.15) is 0 Å². The van der Waals surface area contributed by atoms with Crippen LogP contribution in [0.1, 0.15) is 56.1 Å². The van der Waals surface area contributed by atoms with Gasteiger partial charge in [-0.15, -0.1) is 0 Å². The van der Waals surface area contributed by atoms with Crippen molar-refractivity contribution >= 4 is 43.4 Å². The lowest BCUT2D eigenvalue weighted by Crippen LogP contribution is -2.27. The van der Waals surface area contributed by atoms with Crippen molar-refractivity contribution in [1.82, 2.24) is 9.97 Å². The molecule has 41 heavy (non-hydrogen) atoms. The number of hydrogen-bond donors (Lipinski definition) is 0. The van der Waals surface area contributed by atoms with E-state index in [1.165, 1.54) is 11.1 Å². The van der Waals surface area contributed by atoms with Gasteiger partial charge >= 0.3 is 0 Å². The number of aryl methyl sites for hydroxylation is 1. The van der Waals surface area contributed by atoms with Gasteiger partial charge in [-0.25, -0.2) is 4.98 Å². The number of carbonyl (C=O) groups is 1. The number of nitrogens with zero attached hydrogens (tertiary/aromatic N) is 3. The Hall–Kier alpha value is -3.81. The van der Waals surface area contributed by atoms with Crippen LogP contribution in [0, 0.1) is 6.92 Å². The molecule has 0 bridgehead atoms. The number of anilines is 1. The van der Waals surface area contributed by atoms with E-state index in [1.807, 2.05) is 39.1 Å². The Bertz CT molecular complexity index is 1760. The molecule has 0 N–H and O–H groups in total. The summed E-state index contributed by atoms with van der Waals surface area (Å²) >= 11 is 1.64. The van der Waals surface area contributed by atoms with E-state index in [0.717, 1.165) is 67.2 Å². The third-order valence-electron chi connectivity index (χ3n) is 7.45. The van der Waals surface area contributed by atoms with Crippen molar-refractivity contribution < 1.29 is 14.3 Å². The lowest BCUT2D eigenvalue weighted by atomic mass is 9.88. The quantitative estimate of drug-likeness (QED) is 0.200. The van der Waals surface area contributed by atoms with Gasteiger partial charge in [0.2, 0.25) is 0 Å². The molecule has 0 unspecified atom stereocenters. The van der Waals surface area contributed by atoms with E-state index in [9.17, 15) is 4.79 Å². The summed E-state index contributed by atoms with van der Waals surface area (Å²) in [5.74, 6) is 0.818. The van der Waals surface area contributed by atoms with Gasteiger partial charge in [0.25, 0.3) is 0 Å². The maximum absolute atomic E-state index is 13.3. The Morgan fingerprint density at radius 2 is 1.93 bits per heavy atom. The maximum Gasteiger partial charge on any atom is 0.186 e. The Balaban J connectivity index is 1.62. The van der Waals surface area contributed by atoms with Crippen LogP contribution in [0.3, 0.4) is 0 Å². The predicted molar refractivity (Wildman–Crippen MR) is 167 cm³/mol. The zero-order valence-electron chi connectivity index (χ0n) is 24.4. The summed E-state index contributed by atoms with van der Waals surface area (Å²) in [6.45, 7) is 11.0. The number of benzene rings is 3. The molecule has 0 spiro atoms. The second-order valence-corrected chi connectivity index (χ2v) is 12.8. The first-order valence-corrected chi connectivity index (χ1v) is 14.8. The highest BCUT2D eigenvalue weighted by Gasteiger charge is 2.32. The number of carbonyl (C=O) groups excluding carboxylic acids is 1. The number of rotatable bonds is 7. The minimum atomic E-state index is -0.732. The first-order valence-electron chi connectivity index (χ1n) is 14.0. The molecule has 6 rings (SSSR count). The van der Waals surface area contributed by atoms with Crippen LogP contribution in [-0.2, 0) is 22.5 Å². The number of fused-ring (bicyclic) bond motifs is 1. The summed E-state index contributed by atoms with van der Waals surface area (Å²) in [5, 5.41) is 1.95. The van der Waals surface area contributed by atoms with E-state index >= 15 is 0 Å². The summed E-state index contributed by atoms with van der Waals surface area (Å²) in [6, 6.07) is 18.7. The summed E-state index contributed by atoms with van der Waals surface area (Å²) in [6.07, 6.45) is 1.98. The number of ketones is 1. The van der Waals surface area contributed by atoms with Crippen LogP contribution in [-0.4, -0.2) is 35.0 Å². The van der Waals surface area contributed by atoms with Crippen LogP contribution in [0.15, 0.2) is 60.8 Å². The Kier molecular flexibility index (Phi) is 7.04. The van der Waals surface area contributed by atoms with Gasteiger partial charge in [-0.3, -0.25) is 9.78 Å². The molecule has 5 aromatic rings. The average molecular weight is 566 g/mol. The van der Waals surface area contributed by atoms with Crippen LogP contribution < -0.4 is 9.64 Å². The van der Waals surface area contributed by atoms with Crippen LogP contribution in [0.2, 0.25) is 0 Å². The van der Waals surface area contributed by atoms with Gasteiger partial charge in [0.1, 0.15) is 11.9 Å². The van der Waals surface area contributed by atoms with Crippen LogP contribution in [0.5, 0.6) is 5.75 Å². The molecule has 0 aliphatic carbocycles. The molecular weight excluding hydrogens is 530 g/mol. The lowest BCUT2D eigenvalue weighted by molar-refractivity contribution is -0.138. The smallest absolute Gasteiger partial charge is 0.186 e. The van der Waals surface area contributed by atoms with Gasteiger partial charge in [0.15, 0.2) is 10.9 Å². The topological polar surface area (TPSA) is 64.5 Å². The van der Waals surface area contributed by atoms with Gasteiger partial charge < -0.3 is 14.4 Å². The third-order valence-corrected chi connectivity index (χ3v) is 8.65. The van der Waals surface area contributed by atoms with Gasteiger partial charge in [-0.05, 0) is 75.6 Å². The Morgan fingerprint density at radius 3 is 2.66 bits per heavy atom. The first kappa shape index (κ1) is 27.4. The molecule has 0 fully saturated rings. The molecule has 3 heterocycles. The van der Waals surface area contributed by atoms with Crippen molar-refractivity contribution in [2.24, 2.45) is 0 Å². The molecule has 0 saturated heterocycles. The molecule has 0 radical (unpaired) electrons. The third kappa shape index (κ3) is 5.20. The molecule has 0 amide bonds. The van der Waals surface area contributed by atoms with E-state index < -0.39 is 11.7 Å². The number of hydrogen-bond acceptors (Lipinski definition) is 7. The summed E-state index contributed by atoms with van der Waals surface area (Å²) < 4.78 is 13.5. The fourth-order valence-corrected chi connectivity index (χ4v) is 6.77. The molecular formula is C34H35N3O3S. The van der Waals surface area contributed by atoms with Crippen molar-refractivity contribution in [3.63, 3.8) is 0 Å². The first-order chi connectivity index (χ1) is 19.6. The van der Waals surface area contributed by atoms with Crippen molar-refractivity contribution in [3.8, 4) is 16.9 Å². The Morgan fingerprint density at radius 1 is 1.15 bits per heavy atom. The van der Waals surface area contributed by atoms with Gasteiger partial charge in [0.05, 0.1) is 27.9 Å². The largest absolute Gasteiger partial charge is 0.493 e. The molecule has 3 aromatic carbocycles. The summed E-state index contributed by atoms with van der Waals surface area (Å²) in [4.78, 5) is 25.4. The zero-order chi connectivity index (χ0) is 28.9. The highest BCUT2D eigenvalue weighted by atomic mass is 32.1. The summed E-state index contributed by atoms with van der Waals surface area (Å²) in [7, 11) is 2.07. The molecule has 1 aliphatic rings. The fraction of sp³-hybridized carbons (Fsp3) is 0.324. The highest BCUT2D eigenvalue weighted by molar-refractivity contribution is 7.22. The fourth-order valence-electron chi connectivity index (χ4n) is 5.70. The normalized spacial score (nSPS) is 13.8. The van der Waals surface area contributed by atoms with Crippen LogP contribution >= 0.6 is 11.3 Å². The zero-order valence-corrected chi connectivity index (χ0v) is 25.3. The molecule has 6 nitrogen and oxygen atoms in total. The van der Waals surface area contributed by atoms with Crippen molar-refractivity contribution in [1.29, 1.82) is 0 Å². The molecule has 210 valence electrons. The van der Waals surface area contributed by atoms with E-state index in [-0.39, 0.29) is 5.78 Å².